The number of hydrogen-bond donors (Lipinski definition) is 1. The van der Waals surface area contributed by atoms with Crippen LogP contribution >= 0.6 is 0 Å². The third-order valence-corrected chi connectivity index (χ3v) is 4.05. The summed E-state index contributed by atoms with van der Waals surface area (Å²) in [6.45, 7) is 4.15. The Labute approximate surface area is 153 Å². The number of hydrogen-bond acceptors (Lipinski definition) is 6. The third-order valence-electron chi connectivity index (χ3n) is 4.05. The molecule has 0 aliphatic carbocycles. The molecule has 0 amide bonds. The van der Waals surface area contributed by atoms with Crippen molar-refractivity contribution in [2.75, 3.05) is 11.9 Å². The van der Waals surface area contributed by atoms with Crippen LogP contribution in [0.4, 0.5) is 19.0 Å². The maximum Gasteiger partial charge on any atom is 0.433 e. The van der Waals surface area contributed by atoms with E-state index in [9.17, 15) is 13.2 Å². The molecule has 0 saturated carbocycles. The largest absolute Gasteiger partial charge is 0.433 e. The van der Waals surface area contributed by atoms with Crippen molar-refractivity contribution < 1.29 is 17.7 Å². The van der Waals surface area contributed by atoms with Gasteiger partial charge >= 0.3 is 6.18 Å². The lowest BCUT2D eigenvalue weighted by Crippen LogP contribution is -2.13. The predicted octanol–water partition coefficient (Wildman–Crippen LogP) is 4.21. The van der Waals surface area contributed by atoms with E-state index in [2.05, 4.69) is 25.4 Å². The smallest absolute Gasteiger partial charge is 0.370 e. The van der Waals surface area contributed by atoms with E-state index in [1.807, 2.05) is 13.8 Å². The van der Waals surface area contributed by atoms with Crippen molar-refractivity contribution in [1.29, 1.82) is 0 Å². The average Bonchev–Trinajstić information content (AvgIpc) is 2.97. The molecular weight excluding hydrogens is 359 g/mol. The van der Waals surface area contributed by atoms with Gasteiger partial charge in [-0.15, -0.1) is 0 Å². The topological polar surface area (TPSA) is 76.7 Å². The van der Waals surface area contributed by atoms with Gasteiger partial charge in [0.05, 0.1) is 5.69 Å². The number of aromatic nitrogens is 4. The van der Waals surface area contributed by atoms with Gasteiger partial charge in [0, 0.05) is 36.1 Å². The second kappa shape index (κ2) is 7.73. The van der Waals surface area contributed by atoms with Crippen molar-refractivity contribution in [1.82, 2.24) is 20.1 Å². The molecule has 0 fully saturated rings. The average molecular weight is 377 g/mol. The van der Waals surface area contributed by atoms with Gasteiger partial charge in [-0.25, -0.2) is 9.97 Å². The lowest BCUT2D eigenvalue weighted by Gasteiger charge is -2.12. The lowest BCUT2D eigenvalue weighted by atomic mass is 10.1. The van der Waals surface area contributed by atoms with E-state index in [0.29, 0.717) is 24.9 Å². The van der Waals surface area contributed by atoms with Crippen molar-refractivity contribution in [3.63, 3.8) is 0 Å². The molecule has 0 unspecified atom stereocenters. The van der Waals surface area contributed by atoms with Crippen LogP contribution in [0.3, 0.4) is 0 Å². The van der Waals surface area contributed by atoms with E-state index in [1.165, 1.54) is 12.4 Å². The number of nitrogens with zero attached hydrogens (tertiary/aromatic N) is 4. The molecule has 3 heterocycles. The van der Waals surface area contributed by atoms with Crippen LogP contribution in [0.25, 0.3) is 11.4 Å². The number of rotatable bonds is 6. The van der Waals surface area contributed by atoms with Crippen LogP contribution in [-0.4, -0.2) is 26.7 Å². The maximum absolute atomic E-state index is 13.2. The van der Waals surface area contributed by atoms with Crippen LogP contribution in [0.2, 0.25) is 0 Å². The van der Waals surface area contributed by atoms with Crippen molar-refractivity contribution in [2.45, 2.75) is 32.9 Å². The van der Waals surface area contributed by atoms with Crippen molar-refractivity contribution in [2.24, 2.45) is 0 Å². The van der Waals surface area contributed by atoms with Crippen molar-refractivity contribution in [3.05, 3.63) is 53.3 Å². The molecule has 0 aromatic carbocycles. The Kier molecular flexibility index (Phi) is 5.38. The molecule has 0 radical (unpaired) electrons. The molecule has 27 heavy (non-hydrogen) atoms. The van der Waals surface area contributed by atoms with Crippen LogP contribution in [0, 0.1) is 13.8 Å². The Morgan fingerprint density at radius 2 is 1.85 bits per heavy atom. The van der Waals surface area contributed by atoms with Gasteiger partial charge in [0.25, 0.3) is 0 Å². The van der Waals surface area contributed by atoms with Gasteiger partial charge < -0.3 is 9.84 Å². The molecule has 3 aromatic rings. The van der Waals surface area contributed by atoms with Gasteiger partial charge in [-0.1, -0.05) is 5.16 Å². The fourth-order valence-electron chi connectivity index (χ4n) is 2.65. The highest BCUT2D eigenvalue weighted by molar-refractivity contribution is 5.57. The van der Waals surface area contributed by atoms with E-state index in [-0.39, 0.29) is 11.6 Å². The molecule has 1 N–H and O–H groups in total. The summed E-state index contributed by atoms with van der Waals surface area (Å²) < 4.78 is 44.6. The first-order chi connectivity index (χ1) is 12.8. The Morgan fingerprint density at radius 3 is 2.48 bits per heavy atom. The first-order valence-electron chi connectivity index (χ1n) is 8.37. The summed E-state index contributed by atoms with van der Waals surface area (Å²) in [6, 6.07) is 4.05. The number of nitrogens with one attached hydrogen (secondary N) is 1. The highest BCUT2D eigenvalue weighted by atomic mass is 19.4. The van der Waals surface area contributed by atoms with E-state index >= 15 is 0 Å². The molecule has 0 spiro atoms. The Balaban J connectivity index is 1.74. The molecule has 3 rings (SSSR count). The highest BCUT2D eigenvalue weighted by Crippen LogP contribution is 2.30. The maximum atomic E-state index is 13.2. The molecule has 6 nitrogen and oxygen atoms in total. The minimum atomic E-state index is -4.56. The van der Waals surface area contributed by atoms with Crippen molar-refractivity contribution >= 4 is 5.82 Å². The number of aryl methyl sites for hydroxylation is 2. The van der Waals surface area contributed by atoms with Gasteiger partial charge in [0.1, 0.15) is 11.6 Å². The summed E-state index contributed by atoms with van der Waals surface area (Å²) in [7, 11) is 0. The van der Waals surface area contributed by atoms with E-state index in [4.69, 9.17) is 4.52 Å². The number of anilines is 1. The molecule has 142 valence electrons. The fraction of sp³-hybridized carbons (Fsp3) is 0.333. The van der Waals surface area contributed by atoms with E-state index < -0.39 is 11.9 Å². The molecular formula is C18H18F3N5O. The second-order valence-corrected chi connectivity index (χ2v) is 6.03. The van der Waals surface area contributed by atoms with Crippen LogP contribution in [0.5, 0.6) is 0 Å². The van der Waals surface area contributed by atoms with Gasteiger partial charge in [0.2, 0.25) is 0 Å². The summed E-state index contributed by atoms with van der Waals surface area (Å²) >= 11 is 0. The zero-order valence-electron chi connectivity index (χ0n) is 14.8. The second-order valence-electron chi connectivity index (χ2n) is 6.03. The lowest BCUT2D eigenvalue weighted by molar-refractivity contribution is -0.141. The Morgan fingerprint density at radius 1 is 1.11 bits per heavy atom. The summed E-state index contributed by atoms with van der Waals surface area (Å²) in [5.74, 6) is 0.886. The van der Waals surface area contributed by atoms with Gasteiger partial charge in [-0.3, -0.25) is 4.98 Å². The molecule has 0 atom stereocenters. The predicted molar refractivity (Wildman–Crippen MR) is 93.1 cm³/mol. The fourth-order valence-corrected chi connectivity index (χ4v) is 2.65. The van der Waals surface area contributed by atoms with Gasteiger partial charge in [-0.05, 0) is 38.8 Å². The minimum absolute atomic E-state index is 0.000415. The zero-order chi connectivity index (χ0) is 19.4. The highest BCUT2D eigenvalue weighted by Gasteiger charge is 2.33. The normalized spacial score (nSPS) is 11.6. The summed E-state index contributed by atoms with van der Waals surface area (Å²) in [5.41, 5.74) is 1.33. The molecule has 9 heteroatoms. The van der Waals surface area contributed by atoms with Crippen molar-refractivity contribution in [3.8, 4) is 11.4 Å². The van der Waals surface area contributed by atoms with Gasteiger partial charge in [0.15, 0.2) is 11.5 Å². The van der Waals surface area contributed by atoms with E-state index in [0.717, 1.165) is 23.1 Å². The first-order valence-corrected chi connectivity index (χ1v) is 8.37. The SMILES string of the molecule is Cc1noc(C)c1CCCNc1cc(C(F)(F)F)nc(-c2ccncc2)n1. The number of pyridine rings is 1. The molecule has 0 aliphatic heterocycles. The standard InChI is InChI=1S/C18H18F3N5O/c1-11-14(12(2)27-26-11)4-3-7-23-16-10-15(18(19,20)21)24-17(25-16)13-5-8-22-9-6-13/h5-6,8-10H,3-4,7H2,1-2H3,(H,23,24,25). The monoisotopic (exact) mass is 377 g/mol. The molecule has 0 saturated heterocycles. The Bertz CT molecular complexity index is 890. The molecule has 0 aliphatic rings. The van der Waals surface area contributed by atoms with Crippen LogP contribution < -0.4 is 5.32 Å². The molecule has 0 bridgehead atoms. The van der Waals surface area contributed by atoms with E-state index in [1.54, 1.807) is 12.1 Å². The minimum Gasteiger partial charge on any atom is -0.370 e. The third kappa shape index (κ3) is 4.60. The Hall–Kier alpha value is -2.97. The summed E-state index contributed by atoms with van der Waals surface area (Å²) in [5, 5.41) is 6.84. The van der Waals surface area contributed by atoms with Gasteiger partial charge in [-0.2, -0.15) is 13.2 Å². The quantitative estimate of drug-likeness (QED) is 0.649. The van der Waals surface area contributed by atoms with Crippen LogP contribution in [0.15, 0.2) is 35.1 Å². The van der Waals surface area contributed by atoms with Crippen LogP contribution in [0.1, 0.15) is 29.1 Å². The summed E-state index contributed by atoms with van der Waals surface area (Å²) in [4.78, 5) is 11.7. The zero-order valence-corrected chi connectivity index (χ0v) is 14.8. The number of halogens is 3. The number of alkyl halides is 3. The van der Waals surface area contributed by atoms with Crippen LogP contribution in [-0.2, 0) is 12.6 Å². The molecule has 3 aromatic heterocycles. The first kappa shape index (κ1) is 18.8. The summed E-state index contributed by atoms with van der Waals surface area (Å²) in [6.07, 6.45) is -0.190.